The first-order valence-corrected chi connectivity index (χ1v) is 8.34. The van der Waals surface area contributed by atoms with Gasteiger partial charge >= 0.3 is 0 Å². The van der Waals surface area contributed by atoms with Crippen LogP contribution in [0.1, 0.15) is 29.8 Å². The van der Waals surface area contributed by atoms with Crippen LogP contribution in [0.5, 0.6) is 5.75 Å². The fraction of sp³-hybridized carbons (Fsp3) is 0.350. The van der Waals surface area contributed by atoms with E-state index in [4.69, 9.17) is 9.47 Å². The lowest BCUT2D eigenvalue weighted by Gasteiger charge is -2.35. The molecule has 1 amide bonds. The van der Waals surface area contributed by atoms with Gasteiger partial charge in [0.2, 0.25) is 0 Å². The van der Waals surface area contributed by atoms with Crippen LogP contribution in [0.4, 0.5) is 0 Å². The van der Waals surface area contributed by atoms with Gasteiger partial charge < -0.3 is 14.4 Å². The van der Waals surface area contributed by atoms with Gasteiger partial charge in [0.05, 0.1) is 17.8 Å². The molecule has 1 saturated heterocycles. The van der Waals surface area contributed by atoms with Crippen molar-refractivity contribution < 1.29 is 14.3 Å². The van der Waals surface area contributed by atoms with E-state index in [1.807, 2.05) is 73.3 Å². The van der Waals surface area contributed by atoms with Crippen LogP contribution in [0.3, 0.4) is 0 Å². The molecule has 24 heavy (non-hydrogen) atoms. The Kier molecular flexibility index (Phi) is 5.16. The standard InChI is InChI=1S/C20H23NO3/c1-15-12-21(13-16(2)24-15)20(22)18-10-6-7-11-19(18)23-14-17-8-4-3-5-9-17/h3-11,15-16H,12-14H2,1-2H3/t15-,16-/m0/s1. The Bertz CT molecular complexity index is 676. The zero-order valence-electron chi connectivity index (χ0n) is 14.1. The van der Waals surface area contributed by atoms with E-state index in [0.29, 0.717) is 31.0 Å². The molecule has 0 bridgehead atoms. The number of hydrogen-bond acceptors (Lipinski definition) is 3. The molecular formula is C20H23NO3. The zero-order chi connectivity index (χ0) is 16.9. The van der Waals surface area contributed by atoms with E-state index in [2.05, 4.69) is 0 Å². The van der Waals surface area contributed by atoms with Crippen LogP contribution in [0.25, 0.3) is 0 Å². The highest BCUT2D eigenvalue weighted by atomic mass is 16.5. The van der Waals surface area contributed by atoms with Crippen molar-refractivity contribution in [1.82, 2.24) is 4.90 Å². The molecule has 2 atom stereocenters. The molecule has 1 aliphatic heterocycles. The van der Waals surface area contributed by atoms with Gasteiger partial charge in [0.25, 0.3) is 5.91 Å². The Morgan fingerprint density at radius 1 is 1.04 bits per heavy atom. The van der Waals surface area contributed by atoms with Crippen LogP contribution < -0.4 is 4.74 Å². The lowest BCUT2D eigenvalue weighted by Crippen LogP contribution is -2.48. The van der Waals surface area contributed by atoms with E-state index >= 15 is 0 Å². The zero-order valence-corrected chi connectivity index (χ0v) is 14.1. The maximum atomic E-state index is 12.9. The van der Waals surface area contributed by atoms with E-state index in [-0.39, 0.29) is 18.1 Å². The van der Waals surface area contributed by atoms with Crippen LogP contribution in [0, 0.1) is 0 Å². The predicted octanol–water partition coefficient (Wildman–Crippen LogP) is 3.52. The van der Waals surface area contributed by atoms with Crippen LogP contribution in [0.2, 0.25) is 0 Å². The fourth-order valence-electron chi connectivity index (χ4n) is 3.02. The summed E-state index contributed by atoms with van der Waals surface area (Å²) in [4.78, 5) is 14.8. The Morgan fingerprint density at radius 2 is 1.67 bits per heavy atom. The normalized spacial score (nSPS) is 20.7. The number of benzene rings is 2. The van der Waals surface area contributed by atoms with Gasteiger partial charge in [-0.3, -0.25) is 4.79 Å². The van der Waals surface area contributed by atoms with Gasteiger partial charge in [-0.2, -0.15) is 0 Å². The summed E-state index contributed by atoms with van der Waals surface area (Å²) in [5, 5.41) is 0. The molecule has 1 heterocycles. The topological polar surface area (TPSA) is 38.8 Å². The number of nitrogens with zero attached hydrogens (tertiary/aromatic N) is 1. The van der Waals surface area contributed by atoms with Crippen molar-refractivity contribution in [2.75, 3.05) is 13.1 Å². The van der Waals surface area contributed by atoms with E-state index in [1.54, 1.807) is 0 Å². The monoisotopic (exact) mass is 325 g/mol. The quantitative estimate of drug-likeness (QED) is 0.863. The molecule has 0 aliphatic carbocycles. The maximum absolute atomic E-state index is 12.9. The number of para-hydroxylation sites is 1. The molecule has 0 spiro atoms. The molecule has 0 N–H and O–H groups in total. The van der Waals surface area contributed by atoms with Crippen molar-refractivity contribution >= 4 is 5.91 Å². The van der Waals surface area contributed by atoms with Gasteiger partial charge in [-0.15, -0.1) is 0 Å². The summed E-state index contributed by atoms with van der Waals surface area (Å²) in [7, 11) is 0. The molecule has 0 saturated carbocycles. The Balaban J connectivity index is 1.74. The molecule has 126 valence electrons. The Morgan fingerprint density at radius 3 is 2.38 bits per heavy atom. The van der Waals surface area contributed by atoms with Crippen molar-refractivity contribution in [2.45, 2.75) is 32.7 Å². The average molecular weight is 325 g/mol. The molecule has 2 aromatic carbocycles. The molecule has 1 fully saturated rings. The molecule has 3 rings (SSSR count). The summed E-state index contributed by atoms with van der Waals surface area (Å²) in [6.07, 6.45) is 0.102. The first kappa shape index (κ1) is 16.5. The summed E-state index contributed by atoms with van der Waals surface area (Å²) in [5.74, 6) is 0.624. The van der Waals surface area contributed by atoms with Gasteiger partial charge in [-0.05, 0) is 31.5 Å². The summed E-state index contributed by atoms with van der Waals surface area (Å²) in [5.41, 5.74) is 1.68. The minimum Gasteiger partial charge on any atom is -0.488 e. The van der Waals surface area contributed by atoms with Crippen LogP contribution in [-0.2, 0) is 11.3 Å². The van der Waals surface area contributed by atoms with Gasteiger partial charge in [-0.25, -0.2) is 0 Å². The number of morpholine rings is 1. The number of amides is 1. The van der Waals surface area contributed by atoms with Crippen molar-refractivity contribution in [3.63, 3.8) is 0 Å². The smallest absolute Gasteiger partial charge is 0.257 e. The lowest BCUT2D eigenvalue weighted by molar-refractivity contribution is -0.0586. The number of rotatable bonds is 4. The number of hydrogen-bond donors (Lipinski definition) is 0. The van der Waals surface area contributed by atoms with E-state index in [0.717, 1.165) is 5.56 Å². The molecule has 0 radical (unpaired) electrons. The average Bonchev–Trinajstić information content (AvgIpc) is 2.59. The molecular weight excluding hydrogens is 302 g/mol. The first-order valence-electron chi connectivity index (χ1n) is 8.34. The maximum Gasteiger partial charge on any atom is 0.257 e. The van der Waals surface area contributed by atoms with Crippen LogP contribution in [-0.4, -0.2) is 36.1 Å². The third-order valence-corrected chi connectivity index (χ3v) is 4.06. The second kappa shape index (κ2) is 7.49. The number of ether oxygens (including phenoxy) is 2. The van der Waals surface area contributed by atoms with Gasteiger partial charge in [0.15, 0.2) is 0 Å². The van der Waals surface area contributed by atoms with Gasteiger partial charge in [0.1, 0.15) is 12.4 Å². The Hall–Kier alpha value is -2.33. The molecule has 4 heteroatoms. The second-order valence-corrected chi connectivity index (χ2v) is 6.24. The van der Waals surface area contributed by atoms with Gasteiger partial charge in [-0.1, -0.05) is 42.5 Å². The molecule has 1 aliphatic rings. The highest BCUT2D eigenvalue weighted by Gasteiger charge is 2.28. The Labute approximate surface area is 143 Å². The molecule has 2 aromatic rings. The largest absolute Gasteiger partial charge is 0.488 e. The first-order chi connectivity index (χ1) is 11.6. The minimum atomic E-state index is 0.000613. The van der Waals surface area contributed by atoms with Crippen molar-refractivity contribution in [2.24, 2.45) is 0 Å². The SMILES string of the molecule is C[C@H]1CN(C(=O)c2ccccc2OCc2ccccc2)C[C@H](C)O1. The van der Waals surface area contributed by atoms with Crippen LogP contribution >= 0.6 is 0 Å². The van der Waals surface area contributed by atoms with E-state index in [1.165, 1.54) is 0 Å². The van der Waals surface area contributed by atoms with Crippen molar-refractivity contribution in [1.29, 1.82) is 0 Å². The summed E-state index contributed by atoms with van der Waals surface area (Å²) < 4.78 is 11.6. The third-order valence-electron chi connectivity index (χ3n) is 4.06. The highest BCUT2D eigenvalue weighted by molar-refractivity contribution is 5.97. The lowest BCUT2D eigenvalue weighted by atomic mass is 10.1. The number of carbonyl (C=O) groups is 1. The van der Waals surface area contributed by atoms with E-state index < -0.39 is 0 Å². The minimum absolute atomic E-state index is 0.000613. The summed E-state index contributed by atoms with van der Waals surface area (Å²) in [6.45, 7) is 5.65. The molecule has 0 aromatic heterocycles. The summed E-state index contributed by atoms with van der Waals surface area (Å²) >= 11 is 0. The number of carbonyl (C=O) groups excluding carboxylic acids is 1. The van der Waals surface area contributed by atoms with Crippen molar-refractivity contribution in [3.05, 3.63) is 65.7 Å². The fourth-order valence-corrected chi connectivity index (χ4v) is 3.02. The second-order valence-electron chi connectivity index (χ2n) is 6.24. The predicted molar refractivity (Wildman–Crippen MR) is 93.1 cm³/mol. The summed E-state index contributed by atoms with van der Waals surface area (Å²) in [6, 6.07) is 17.4. The van der Waals surface area contributed by atoms with E-state index in [9.17, 15) is 4.79 Å². The van der Waals surface area contributed by atoms with Crippen molar-refractivity contribution in [3.8, 4) is 5.75 Å². The molecule has 0 unspecified atom stereocenters. The molecule has 4 nitrogen and oxygen atoms in total. The van der Waals surface area contributed by atoms with Gasteiger partial charge in [0, 0.05) is 13.1 Å². The van der Waals surface area contributed by atoms with Crippen LogP contribution in [0.15, 0.2) is 54.6 Å². The third kappa shape index (κ3) is 3.95. The highest BCUT2D eigenvalue weighted by Crippen LogP contribution is 2.23.